The molecular weight excluding hydrogens is 328 g/mol. The van der Waals surface area contributed by atoms with Crippen LogP contribution in [0.5, 0.6) is 5.88 Å². The van der Waals surface area contributed by atoms with Crippen molar-refractivity contribution < 1.29 is 5.11 Å². The van der Waals surface area contributed by atoms with Gasteiger partial charge in [0.1, 0.15) is 0 Å². The quantitative estimate of drug-likeness (QED) is 0.925. The molecule has 2 aromatic rings. The Morgan fingerprint density at radius 3 is 2.62 bits per heavy atom. The Labute approximate surface area is 144 Å². The normalized spacial score (nSPS) is 24.8. The molecule has 2 bridgehead atoms. The standard InChI is InChI=1S/C18H19ClN2O3/c19-14-3-1-2-11(8-14)4-5-20-16(22)10-17(23)21(18(20)24)15-9-12-6-13(15)7-12/h1-3,8,10,12-13,15,22H,4-7,9H2. The molecule has 0 radical (unpaired) electrons. The molecule has 1 heterocycles. The van der Waals surface area contributed by atoms with Crippen LogP contribution in [0.1, 0.15) is 30.9 Å². The topological polar surface area (TPSA) is 64.2 Å². The van der Waals surface area contributed by atoms with Crippen LogP contribution in [0, 0.1) is 11.8 Å². The van der Waals surface area contributed by atoms with E-state index in [9.17, 15) is 14.7 Å². The van der Waals surface area contributed by atoms with Gasteiger partial charge in [-0.2, -0.15) is 0 Å². The summed E-state index contributed by atoms with van der Waals surface area (Å²) >= 11 is 5.98. The molecule has 0 spiro atoms. The molecule has 1 aromatic carbocycles. The highest BCUT2D eigenvalue weighted by Crippen LogP contribution is 2.53. The minimum atomic E-state index is -0.403. The number of nitrogens with zero attached hydrogens (tertiary/aromatic N) is 2. The Morgan fingerprint density at radius 2 is 1.96 bits per heavy atom. The maximum absolute atomic E-state index is 12.8. The number of hydrogen-bond donors (Lipinski definition) is 1. The van der Waals surface area contributed by atoms with Crippen LogP contribution >= 0.6 is 11.6 Å². The zero-order valence-electron chi connectivity index (χ0n) is 13.2. The van der Waals surface area contributed by atoms with Crippen LogP contribution in [0.25, 0.3) is 0 Å². The first-order valence-corrected chi connectivity index (χ1v) is 8.70. The fraction of sp³-hybridized carbons (Fsp3) is 0.444. The molecule has 0 aliphatic heterocycles. The average molecular weight is 347 g/mol. The summed E-state index contributed by atoms with van der Waals surface area (Å²) in [5, 5.41) is 10.7. The van der Waals surface area contributed by atoms with Crippen LogP contribution in [-0.4, -0.2) is 14.2 Å². The lowest BCUT2D eigenvalue weighted by Gasteiger charge is -2.25. The molecule has 3 fully saturated rings. The predicted molar refractivity (Wildman–Crippen MR) is 91.7 cm³/mol. The van der Waals surface area contributed by atoms with Crippen molar-refractivity contribution in [3.05, 3.63) is 61.8 Å². The Morgan fingerprint density at radius 1 is 1.17 bits per heavy atom. The van der Waals surface area contributed by atoms with Crippen LogP contribution in [0.2, 0.25) is 5.02 Å². The molecule has 3 saturated carbocycles. The molecule has 5 nitrogen and oxygen atoms in total. The van der Waals surface area contributed by atoms with Crippen molar-refractivity contribution in [2.75, 3.05) is 0 Å². The molecular formula is C18H19ClN2O3. The largest absolute Gasteiger partial charge is 0.494 e. The minimum Gasteiger partial charge on any atom is -0.494 e. The Kier molecular flexibility index (Phi) is 3.76. The first-order valence-electron chi connectivity index (χ1n) is 8.32. The molecule has 1 aromatic heterocycles. The highest BCUT2D eigenvalue weighted by atomic mass is 35.5. The molecule has 1 atom stereocenters. The number of rotatable bonds is 4. The number of aromatic hydroxyl groups is 1. The van der Waals surface area contributed by atoms with Crippen LogP contribution in [-0.2, 0) is 13.0 Å². The van der Waals surface area contributed by atoms with Crippen molar-refractivity contribution in [2.24, 2.45) is 11.8 Å². The highest BCUT2D eigenvalue weighted by molar-refractivity contribution is 6.30. The van der Waals surface area contributed by atoms with Gasteiger partial charge in [0.15, 0.2) is 0 Å². The lowest BCUT2D eigenvalue weighted by atomic mass is 9.84. The third-order valence-electron chi connectivity index (χ3n) is 5.44. The van der Waals surface area contributed by atoms with Gasteiger partial charge in [0.25, 0.3) is 5.56 Å². The van der Waals surface area contributed by atoms with E-state index < -0.39 is 11.2 Å². The third kappa shape index (κ3) is 2.57. The molecule has 24 heavy (non-hydrogen) atoms. The second kappa shape index (κ2) is 5.81. The summed E-state index contributed by atoms with van der Waals surface area (Å²) in [7, 11) is 0. The van der Waals surface area contributed by atoms with Gasteiger partial charge in [-0.05, 0) is 55.2 Å². The summed E-state index contributed by atoms with van der Waals surface area (Å²) in [5.74, 6) is 0.819. The minimum absolute atomic E-state index is 0.00646. The van der Waals surface area contributed by atoms with Crippen molar-refractivity contribution in [3.63, 3.8) is 0 Å². The van der Waals surface area contributed by atoms with Crippen molar-refractivity contribution in [1.29, 1.82) is 0 Å². The van der Waals surface area contributed by atoms with Gasteiger partial charge in [-0.3, -0.25) is 13.9 Å². The smallest absolute Gasteiger partial charge is 0.334 e. The van der Waals surface area contributed by atoms with Gasteiger partial charge in [0, 0.05) is 17.6 Å². The lowest BCUT2D eigenvalue weighted by Crippen LogP contribution is -2.42. The molecule has 6 heteroatoms. The number of benzene rings is 1. The molecule has 3 aliphatic carbocycles. The van der Waals surface area contributed by atoms with Crippen LogP contribution in [0.4, 0.5) is 0 Å². The first kappa shape index (κ1) is 15.5. The van der Waals surface area contributed by atoms with E-state index in [0.717, 1.165) is 30.9 Å². The fourth-order valence-corrected chi connectivity index (χ4v) is 4.39. The summed E-state index contributed by atoms with van der Waals surface area (Å²) in [6.07, 6.45) is 3.68. The molecule has 3 aliphatic rings. The maximum atomic E-state index is 12.8. The summed E-state index contributed by atoms with van der Waals surface area (Å²) in [6, 6.07) is 8.57. The molecule has 1 unspecified atom stereocenters. The summed E-state index contributed by atoms with van der Waals surface area (Å²) < 4.78 is 2.65. The second-order valence-electron chi connectivity index (χ2n) is 6.93. The zero-order valence-corrected chi connectivity index (χ0v) is 13.9. The molecule has 0 saturated heterocycles. The van der Waals surface area contributed by atoms with E-state index in [-0.39, 0.29) is 11.9 Å². The van der Waals surface area contributed by atoms with Crippen LogP contribution < -0.4 is 11.2 Å². The lowest BCUT2D eigenvalue weighted by molar-refractivity contribution is 0.265. The Bertz CT molecular complexity index is 896. The monoisotopic (exact) mass is 346 g/mol. The SMILES string of the molecule is O=c1cc(O)n(CCc2cccc(Cl)c2)c(=O)n1C1CC2CC1C2. The van der Waals surface area contributed by atoms with E-state index in [2.05, 4.69) is 0 Å². The maximum Gasteiger partial charge on any atom is 0.334 e. The van der Waals surface area contributed by atoms with Gasteiger partial charge in [-0.1, -0.05) is 23.7 Å². The van der Waals surface area contributed by atoms with Crippen LogP contribution in [0.3, 0.4) is 0 Å². The summed E-state index contributed by atoms with van der Waals surface area (Å²) in [5.41, 5.74) is 0.184. The van der Waals surface area contributed by atoms with E-state index in [1.807, 2.05) is 18.2 Å². The Balaban J connectivity index is 1.65. The molecule has 5 rings (SSSR count). The van der Waals surface area contributed by atoms with Crippen LogP contribution in [0.15, 0.2) is 39.9 Å². The van der Waals surface area contributed by atoms with Gasteiger partial charge in [0.05, 0.1) is 6.07 Å². The van der Waals surface area contributed by atoms with Crippen molar-refractivity contribution in [3.8, 4) is 5.88 Å². The number of halogens is 1. The van der Waals surface area contributed by atoms with Crippen molar-refractivity contribution >= 4 is 11.6 Å². The van der Waals surface area contributed by atoms with Gasteiger partial charge >= 0.3 is 5.69 Å². The van der Waals surface area contributed by atoms with E-state index in [1.54, 1.807) is 6.07 Å². The first-order chi connectivity index (χ1) is 11.5. The van der Waals surface area contributed by atoms with Gasteiger partial charge in [-0.15, -0.1) is 0 Å². The van der Waals surface area contributed by atoms with Gasteiger partial charge in [0.2, 0.25) is 5.88 Å². The summed E-state index contributed by atoms with van der Waals surface area (Å²) in [4.78, 5) is 25.0. The van der Waals surface area contributed by atoms with Gasteiger partial charge in [-0.25, -0.2) is 4.79 Å². The summed E-state index contributed by atoms with van der Waals surface area (Å²) in [6.45, 7) is 0.312. The molecule has 0 amide bonds. The Hall–Kier alpha value is -2.01. The molecule has 126 valence electrons. The van der Waals surface area contributed by atoms with Gasteiger partial charge < -0.3 is 5.11 Å². The zero-order chi connectivity index (χ0) is 16.8. The van der Waals surface area contributed by atoms with E-state index >= 15 is 0 Å². The highest BCUT2D eigenvalue weighted by Gasteiger charge is 2.46. The van der Waals surface area contributed by atoms with E-state index in [1.165, 1.54) is 9.13 Å². The predicted octanol–water partition coefficient (Wildman–Crippen LogP) is 2.58. The van der Waals surface area contributed by atoms with E-state index in [4.69, 9.17) is 11.6 Å². The number of aromatic nitrogens is 2. The number of fused-ring (bicyclic) bond motifs is 1. The third-order valence-corrected chi connectivity index (χ3v) is 5.67. The van der Waals surface area contributed by atoms with E-state index in [0.29, 0.717) is 29.8 Å². The average Bonchev–Trinajstić information content (AvgIpc) is 3.06. The number of aryl methyl sites for hydroxylation is 1. The van der Waals surface area contributed by atoms with Crippen molar-refractivity contribution in [1.82, 2.24) is 9.13 Å². The molecule has 1 N–H and O–H groups in total. The fourth-order valence-electron chi connectivity index (χ4n) is 4.17. The van der Waals surface area contributed by atoms with Crippen molar-refractivity contribution in [2.45, 2.75) is 38.3 Å². The number of hydrogen-bond acceptors (Lipinski definition) is 3. The second-order valence-corrected chi connectivity index (χ2v) is 7.36.